The first-order chi connectivity index (χ1) is 4.22. The van der Waals surface area contributed by atoms with Crippen LogP contribution in [0.3, 0.4) is 0 Å². The average molecular weight is 144 g/mol. The van der Waals surface area contributed by atoms with Gasteiger partial charge in [0.05, 0.1) is 0 Å². The quantitative estimate of drug-likeness (QED) is 0.579. The summed E-state index contributed by atoms with van der Waals surface area (Å²) in [5.41, 5.74) is 0. The fraction of sp³-hybridized carbons (Fsp3) is 0. The van der Waals surface area contributed by atoms with Gasteiger partial charge in [-0.1, -0.05) is 11.6 Å². The topological polar surface area (TPSA) is 40.5 Å². The fourth-order valence-electron chi connectivity index (χ4n) is 0.457. The lowest BCUT2D eigenvalue weighted by Crippen LogP contribution is -1.68. The molecule has 0 saturated carbocycles. The lowest BCUT2D eigenvalue weighted by molar-refractivity contribution is 0.451. The Morgan fingerprint density at radius 1 is 1.22 bits per heavy atom. The summed E-state index contributed by atoms with van der Waals surface area (Å²) in [7, 11) is 0. The Morgan fingerprint density at radius 3 is 2.00 bits per heavy atom. The van der Waals surface area contributed by atoms with Crippen molar-refractivity contribution in [2.75, 3.05) is 0 Å². The van der Waals surface area contributed by atoms with E-state index in [9.17, 15) is 0 Å². The molecule has 0 atom stereocenters. The van der Waals surface area contributed by atoms with E-state index in [2.05, 4.69) is 6.07 Å². The predicted octanol–water partition coefficient (Wildman–Crippen LogP) is 1.55. The lowest BCUT2D eigenvalue weighted by Gasteiger charge is -1.95. The second kappa shape index (κ2) is 2.15. The summed E-state index contributed by atoms with van der Waals surface area (Å²) in [5.74, 6) is -0.312. The van der Waals surface area contributed by atoms with Crippen molar-refractivity contribution in [2.24, 2.45) is 0 Å². The number of rotatable bonds is 0. The van der Waals surface area contributed by atoms with E-state index in [1.807, 2.05) is 0 Å². The van der Waals surface area contributed by atoms with Gasteiger partial charge in [-0.25, -0.2) is 0 Å². The van der Waals surface area contributed by atoms with Crippen molar-refractivity contribution < 1.29 is 10.2 Å². The third kappa shape index (κ3) is 1.08. The SMILES string of the molecule is Oc1c[c]cc(O)c1Cl. The standard InChI is InChI=1S/C6H4ClO2/c7-6-4(8)2-1-3-5(6)9/h2-3,8-9H. The van der Waals surface area contributed by atoms with Crippen LogP contribution in [0.25, 0.3) is 0 Å². The number of phenolic OH excluding ortho intramolecular Hbond substituents is 2. The molecule has 0 bridgehead atoms. The molecule has 0 aliphatic rings. The first-order valence-electron chi connectivity index (χ1n) is 2.29. The molecule has 0 heterocycles. The summed E-state index contributed by atoms with van der Waals surface area (Å²) < 4.78 is 0. The van der Waals surface area contributed by atoms with E-state index in [-0.39, 0.29) is 16.5 Å². The highest BCUT2D eigenvalue weighted by molar-refractivity contribution is 6.33. The van der Waals surface area contributed by atoms with E-state index in [0.29, 0.717) is 0 Å². The molecule has 0 spiro atoms. The van der Waals surface area contributed by atoms with Crippen LogP contribution >= 0.6 is 11.6 Å². The van der Waals surface area contributed by atoms with Crippen LogP contribution in [0, 0.1) is 6.07 Å². The Labute approximate surface area is 57.3 Å². The molecule has 0 amide bonds. The summed E-state index contributed by atoms with van der Waals surface area (Å²) in [5, 5.41) is 17.5. The Kier molecular flexibility index (Phi) is 1.49. The summed E-state index contributed by atoms with van der Waals surface area (Å²) >= 11 is 5.36. The van der Waals surface area contributed by atoms with Gasteiger partial charge in [0.25, 0.3) is 0 Å². The highest BCUT2D eigenvalue weighted by atomic mass is 35.5. The zero-order valence-electron chi connectivity index (χ0n) is 4.43. The molecule has 1 rings (SSSR count). The first kappa shape index (κ1) is 6.23. The van der Waals surface area contributed by atoms with Gasteiger partial charge in [-0.05, 0) is 18.2 Å². The summed E-state index contributed by atoms with van der Waals surface area (Å²) in [6, 6.07) is 5.04. The van der Waals surface area contributed by atoms with E-state index in [0.717, 1.165) is 0 Å². The molecule has 1 aromatic carbocycles. The number of halogens is 1. The Balaban J connectivity index is 3.25. The van der Waals surface area contributed by atoms with Crippen LogP contribution in [0.15, 0.2) is 12.1 Å². The van der Waals surface area contributed by atoms with Gasteiger partial charge < -0.3 is 10.2 Å². The van der Waals surface area contributed by atoms with E-state index in [4.69, 9.17) is 21.8 Å². The summed E-state index contributed by atoms with van der Waals surface area (Å²) in [6.45, 7) is 0. The van der Waals surface area contributed by atoms with Crippen LogP contribution in [0.1, 0.15) is 0 Å². The molecule has 9 heavy (non-hydrogen) atoms. The number of aromatic hydroxyl groups is 2. The molecule has 3 heteroatoms. The van der Waals surface area contributed by atoms with Gasteiger partial charge in [-0.3, -0.25) is 0 Å². The van der Waals surface area contributed by atoms with Crippen molar-refractivity contribution in [3.8, 4) is 11.5 Å². The Morgan fingerprint density at radius 2 is 1.67 bits per heavy atom. The maximum absolute atomic E-state index is 8.78. The Hall–Kier alpha value is -0.890. The fourth-order valence-corrected chi connectivity index (χ4v) is 0.567. The molecule has 0 aliphatic carbocycles. The van der Waals surface area contributed by atoms with Crippen LogP contribution in [0.2, 0.25) is 5.02 Å². The normalized spacial score (nSPS) is 9.44. The molecule has 1 radical (unpaired) electrons. The highest BCUT2D eigenvalue weighted by Crippen LogP contribution is 2.30. The molecule has 0 unspecified atom stereocenters. The van der Waals surface area contributed by atoms with Gasteiger partial charge in [0.2, 0.25) is 0 Å². The smallest absolute Gasteiger partial charge is 0.138 e. The molecule has 0 aliphatic heterocycles. The van der Waals surface area contributed by atoms with Crippen LogP contribution in [-0.4, -0.2) is 10.2 Å². The predicted molar refractivity (Wildman–Crippen MR) is 33.6 cm³/mol. The third-order valence-corrected chi connectivity index (χ3v) is 1.28. The molecule has 2 N–H and O–H groups in total. The van der Waals surface area contributed by atoms with Gasteiger partial charge in [0, 0.05) is 0 Å². The largest absolute Gasteiger partial charge is 0.506 e. The van der Waals surface area contributed by atoms with E-state index < -0.39 is 0 Å². The molecule has 0 fully saturated rings. The number of hydrogen-bond donors (Lipinski definition) is 2. The van der Waals surface area contributed by atoms with Crippen LogP contribution < -0.4 is 0 Å². The number of benzene rings is 1. The first-order valence-corrected chi connectivity index (χ1v) is 2.67. The van der Waals surface area contributed by atoms with Crippen LogP contribution in [-0.2, 0) is 0 Å². The van der Waals surface area contributed by atoms with Crippen molar-refractivity contribution in [1.82, 2.24) is 0 Å². The second-order valence-corrected chi connectivity index (χ2v) is 1.92. The average Bonchev–Trinajstić information content (AvgIpc) is 1.83. The Bertz CT molecular complexity index is 202. The summed E-state index contributed by atoms with van der Waals surface area (Å²) in [4.78, 5) is 0. The molecular formula is C6H4ClO2. The molecule has 2 nitrogen and oxygen atoms in total. The maximum Gasteiger partial charge on any atom is 0.138 e. The molecule has 47 valence electrons. The minimum Gasteiger partial charge on any atom is -0.506 e. The van der Waals surface area contributed by atoms with E-state index >= 15 is 0 Å². The minimum atomic E-state index is -0.156. The molecular weight excluding hydrogens is 140 g/mol. The number of phenols is 2. The third-order valence-electron chi connectivity index (χ3n) is 0.890. The van der Waals surface area contributed by atoms with Gasteiger partial charge in [0.1, 0.15) is 16.5 Å². The van der Waals surface area contributed by atoms with E-state index in [1.165, 1.54) is 12.1 Å². The van der Waals surface area contributed by atoms with Crippen molar-refractivity contribution in [3.05, 3.63) is 23.2 Å². The van der Waals surface area contributed by atoms with Gasteiger partial charge in [0.15, 0.2) is 0 Å². The maximum atomic E-state index is 8.78. The molecule has 1 aromatic rings. The van der Waals surface area contributed by atoms with Crippen LogP contribution in [0.4, 0.5) is 0 Å². The zero-order chi connectivity index (χ0) is 6.85. The second-order valence-electron chi connectivity index (χ2n) is 1.54. The summed E-state index contributed by atoms with van der Waals surface area (Å²) in [6.07, 6.45) is 0. The van der Waals surface area contributed by atoms with Crippen molar-refractivity contribution in [1.29, 1.82) is 0 Å². The van der Waals surface area contributed by atoms with Gasteiger partial charge >= 0.3 is 0 Å². The van der Waals surface area contributed by atoms with E-state index in [1.54, 1.807) is 0 Å². The zero-order valence-corrected chi connectivity index (χ0v) is 5.18. The van der Waals surface area contributed by atoms with Crippen molar-refractivity contribution in [3.63, 3.8) is 0 Å². The van der Waals surface area contributed by atoms with Gasteiger partial charge in [-0.15, -0.1) is 0 Å². The monoisotopic (exact) mass is 143 g/mol. The molecule has 0 saturated heterocycles. The highest BCUT2D eigenvalue weighted by Gasteiger charge is 2.00. The van der Waals surface area contributed by atoms with Crippen molar-refractivity contribution in [2.45, 2.75) is 0 Å². The molecule has 0 aromatic heterocycles. The van der Waals surface area contributed by atoms with Crippen molar-refractivity contribution >= 4 is 11.6 Å². The minimum absolute atomic E-state index is 0.0336. The lowest BCUT2D eigenvalue weighted by atomic mass is 10.3. The van der Waals surface area contributed by atoms with Gasteiger partial charge in [-0.2, -0.15) is 0 Å². The number of hydrogen-bond acceptors (Lipinski definition) is 2. The van der Waals surface area contributed by atoms with Crippen LogP contribution in [0.5, 0.6) is 11.5 Å².